The van der Waals surface area contributed by atoms with Gasteiger partial charge in [-0.1, -0.05) is 0 Å². The molecular weight excluding hydrogens is 252 g/mol. The number of nitrogens with one attached hydrogen (secondary N) is 1. The van der Waals surface area contributed by atoms with E-state index < -0.39 is 31.0 Å². The van der Waals surface area contributed by atoms with E-state index in [0.29, 0.717) is 12.8 Å². The van der Waals surface area contributed by atoms with Crippen molar-refractivity contribution in [2.75, 3.05) is 18.3 Å². The van der Waals surface area contributed by atoms with Gasteiger partial charge in [-0.25, -0.2) is 16.8 Å². The Morgan fingerprint density at radius 2 is 1.69 bits per heavy atom. The van der Waals surface area contributed by atoms with Crippen LogP contribution in [0, 0.1) is 0 Å². The van der Waals surface area contributed by atoms with E-state index in [1.165, 1.54) is 0 Å². The molecule has 0 bridgehead atoms. The molecule has 6 nitrogen and oxygen atoms in total. The van der Waals surface area contributed by atoms with E-state index in [4.69, 9.17) is 5.84 Å². The molecule has 0 aliphatic carbocycles. The topological polar surface area (TPSA) is 106 Å². The van der Waals surface area contributed by atoms with Gasteiger partial charge in [0, 0.05) is 24.3 Å². The molecule has 0 fully saturated rings. The molecule has 0 aromatic carbocycles. The second kappa shape index (κ2) is 5.95. The number of hydrogen-bond acceptors (Lipinski definition) is 6. The number of nitrogens with two attached hydrogens (primary N) is 1. The summed E-state index contributed by atoms with van der Waals surface area (Å²) in [6.07, 6.45) is 3.10. The van der Waals surface area contributed by atoms with E-state index in [0.717, 1.165) is 12.5 Å². The summed E-state index contributed by atoms with van der Waals surface area (Å²) in [6, 6.07) is -0.420. The van der Waals surface area contributed by atoms with Crippen LogP contribution in [-0.4, -0.2) is 46.4 Å². The highest BCUT2D eigenvalue weighted by Crippen LogP contribution is 2.10. The Kier molecular flexibility index (Phi) is 5.88. The first kappa shape index (κ1) is 15.8. The normalized spacial score (nSPS) is 17.0. The highest BCUT2D eigenvalue weighted by atomic mass is 32.2. The summed E-state index contributed by atoms with van der Waals surface area (Å²) < 4.78 is 44.4. The van der Waals surface area contributed by atoms with Crippen molar-refractivity contribution in [1.29, 1.82) is 0 Å². The van der Waals surface area contributed by atoms with Crippen LogP contribution in [0.15, 0.2) is 0 Å². The van der Waals surface area contributed by atoms with Crippen molar-refractivity contribution >= 4 is 19.7 Å². The zero-order valence-electron chi connectivity index (χ0n) is 9.80. The first-order valence-electron chi connectivity index (χ1n) is 4.90. The van der Waals surface area contributed by atoms with Crippen LogP contribution in [-0.2, 0) is 19.7 Å². The molecule has 16 heavy (non-hydrogen) atoms. The molecule has 98 valence electrons. The summed E-state index contributed by atoms with van der Waals surface area (Å²) >= 11 is 0. The third-order valence-electron chi connectivity index (χ3n) is 2.49. The first-order valence-corrected chi connectivity index (χ1v) is 8.92. The van der Waals surface area contributed by atoms with Crippen molar-refractivity contribution < 1.29 is 16.8 Å². The summed E-state index contributed by atoms with van der Waals surface area (Å²) in [4.78, 5) is 0. The lowest BCUT2D eigenvalue weighted by molar-refractivity contribution is 0.465. The van der Waals surface area contributed by atoms with Gasteiger partial charge in [0.05, 0.1) is 5.25 Å². The van der Waals surface area contributed by atoms with E-state index in [9.17, 15) is 16.8 Å². The maximum absolute atomic E-state index is 11.3. The predicted octanol–water partition coefficient (Wildman–Crippen LogP) is -0.924. The smallest absolute Gasteiger partial charge is 0.151 e. The van der Waals surface area contributed by atoms with Crippen molar-refractivity contribution in [2.45, 2.75) is 31.1 Å². The lowest BCUT2D eigenvalue weighted by Gasteiger charge is -2.21. The largest absolute Gasteiger partial charge is 0.271 e. The Bertz CT molecular complexity index is 402. The van der Waals surface area contributed by atoms with Gasteiger partial charge in [-0.05, 0) is 19.8 Å². The Hall–Kier alpha value is -0.180. The fraction of sp³-hybridized carbons (Fsp3) is 1.00. The molecule has 2 atom stereocenters. The molecule has 0 saturated heterocycles. The molecule has 0 amide bonds. The maximum atomic E-state index is 11.3. The zero-order chi connectivity index (χ0) is 13.0. The standard InChI is InChI=1S/C8H20N2O4S2/c1-7(16(3,13)14)8(10-9)5-4-6-15(2,11)12/h7-8,10H,4-6,9H2,1-3H3. The van der Waals surface area contributed by atoms with Gasteiger partial charge in [0.15, 0.2) is 9.84 Å². The van der Waals surface area contributed by atoms with Crippen molar-refractivity contribution in [3.05, 3.63) is 0 Å². The molecule has 0 aromatic heterocycles. The number of rotatable bonds is 7. The molecule has 0 spiro atoms. The average molecular weight is 272 g/mol. The Balaban J connectivity index is 4.33. The lowest BCUT2D eigenvalue weighted by Crippen LogP contribution is -2.46. The molecular formula is C8H20N2O4S2. The monoisotopic (exact) mass is 272 g/mol. The van der Waals surface area contributed by atoms with Gasteiger partial charge in [0.1, 0.15) is 9.84 Å². The summed E-state index contributed by atoms with van der Waals surface area (Å²) in [5.74, 6) is 5.30. The van der Waals surface area contributed by atoms with Gasteiger partial charge in [-0.15, -0.1) is 0 Å². The highest BCUT2D eigenvalue weighted by molar-refractivity contribution is 7.91. The van der Waals surface area contributed by atoms with Crippen LogP contribution in [0.4, 0.5) is 0 Å². The minimum absolute atomic E-state index is 0.0433. The summed E-state index contributed by atoms with van der Waals surface area (Å²) in [6.45, 7) is 1.56. The first-order chi connectivity index (χ1) is 7.08. The van der Waals surface area contributed by atoms with Crippen LogP contribution in [0.1, 0.15) is 19.8 Å². The van der Waals surface area contributed by atoms with E-state index >= 15 is 0 Å². The summed E-state index contributed by atoms with van der Waals surface area (Å²) in [5.41, 5.74) is 2.42. The SMILES string of the molecule is CC(C(CCCS(C)(=O)=O)NN)S(C)(=O)=O. The minimum Gasteiger partial charge on any atom is -0.271 e. The van der Waals surface area contributed by atoms with Gasteiger partial charge in [0.25, 0.3) is 0 Å². The molecule has 0 aliphatic heterocycles. The predicted molar refractivity (Wildman–Crippen MR) is 64.4 cm³/mol. The fourth-order valence-corrected chi connectivity index (χ4v) is 2.82. The number of hydrazine groups is 1. The summed E-state index contributed by atoms with van der Waals surface area (Å²) in [5, 5.41) is -0.628. The van der Waals surface area contributed by atoms with Crippen LogP contribution in [0.3, 0.4) is 0 Å². The van der Waals surface area contributed by atoms with Gasteiger partial charge < -0.3 is 0 Å². The zero-order valence-corrected chi connectivity index (χ0v) is 11.4. The fourth-order valence-electron chi connectivity index (χ4n) is 1.32. The third-order valence-corrected chi connectivity index (χ3v) is 5.20. The maximum Gasteiger partial charge on any atom is 0.151 e. The average Bonchev–Trinajstić information content (AvgIpc) is 2.08. The Labute approximate surface area is 97.4 Å². The Morgan fingerprint density at radius 1 is 1.19 bits per heavy atom. The van der Waals surface area contributed by atoms with Crippen molar-refractivity contribution in [2.24, 2.45) is 5.84 Å². The number of hydrogen-bond donors (Lipinski definition) is 2. The van der Waals surface area contributed by atoms with Crippen LogP contribution in [0.25, 0.3) is 0 Å². The van der Waals surface area contributed by atoms with E-state index in [2.05, 4.69) is 5.43 Å². The van der Waals surface area contributed by atoms with Crippen LogP contribution < -0.4 is 11.3 Å². The molecule has 0 radical (unpaired) electrons. The summed E-state index contributed by atoms with van der Waals surface area (Å²) in [7, 11) is -6.18. The quantitative estimate of drug-likeness (QED) is 0.458. The molecule has 0 saturated carbocycles. The van der Waals surface area contributed by atoms with Crippen LogP contribution in [0.2, 0.25) is 0 Å². The van der Waals surface area contributed by atoms with E-state index in [1.807, 2.05) is 0 Å². The second-order valence-electron chi connectivity index (χ2n) is 4.08. The lowest BCUT2D eigenvalue weighted by atomic mass is 10.1. The highest BCUT2D eigenvalue weighted by Gasteiger charge is 2.24. The van der Waals surface area contributed by atoms with Gasteiger partial charge >= 0.3 is 0 Å². The van der Waals surface area contributed by atoms with Crippen molar-refractivity contribution in [3.8, 4) is 0 Å². The molecule has 8 heteroatoms. The van der Waals surface area contributed by atoms with Crippen LogP contribution >= 0.6 is 0 Å². The molecule has 0 aliphatic rings. The molecule has 0 rings (SSSR count). The second-order valence-corrected chi connectivity index (χ2v) is 8.74. The molecule has 0 heterocycles. The molecule has 3 N–H and O–H groups in total. The molecule has 2 unspecified atom stereocenters. The van der Waals surface area contributed by atoms with Crippen molar-refractivity contribution in [3.63, 3.8) is 0 Å². The van der Waals surface area contributed by atoms with E-state index in [1.54, 1.807) is 6.92 Å². The minimum atomic E-state index is -3.17. The van der Waals surface area contributed by atoms with Crippen molar-refractivity contribution in [1.82, 2.24) is 5.43 Å². The number of sulfone groups is 2. The molecule has 0 aromatic rings. The van der Waals surface area contributed by atoms with Gasteiger partial charge in [-0.2, -0.15) is 0 Å². The Morgan fingerprint density at radius 3 is 2.00 bits per heavy atom. The van der Waals surface area contributed by atoms with E-state index in [-0.39, 0.29) is 5.75 Å². The van der Waals surface area contributed by atoms with Gasteiger partial charge in [-0.3, -0.25) is 11.3 Å². The third kappa shape index (κ3) is 6.41. The van der Waals surface area contributed by atoms with Gasteiger partial charge in [0.2, 0.25) is 0 Å². The van der Waals surface area contributed by atoms with Crippen LogP contribution in [0.5, 0.6) is 0 Å².